The summed E-state index contributed by atoms with van der Waals surface area (Å²) in [6.07, 6.45) is -3.11. The van der Waals surface area contributed by atoms with Gasteiger partial charge in [0.1, 0.15) is 23.3 Å². The largest absolute Gasteiger partial charge is 0.485 e. The van der Waals surface area contributed by atoms with Crippen LogP contribution in [-0.4, -0.2) is 9.55 Å². The van der Waals surface area contributed by atoms with Crippen LogP contribution in [0, 0.1) is 0 Å². The van der Waals surface area contributed by atoms with Gasteiger partial charge >= 0.3 is 6.18 Å². The first-order valence-electron chi connectivity index (χ1n) is 6.02. The molecule has 1 heterocycles. The topological polar surface area (TPSA) is 53.1 Å². The average molecular weight is 320 g/mol. The lowest BCUT2D eigenvalue weighted by Gasteiger charge is -2.15. The fourth-order valence-corrected chi connectivity index (χ4v) is 1.90. The molecule has 0 aliphatic rings. The van der Waals surface area contributed by atoms with Gasteiger partial charge in [-0.25, -0.2) is 4.98 Å². The molecule has 21 heavy (non-hydrogen) atoms. The Morgan fingerprint density at radius 2 is 2.10 bits per heavy atom. The molecule has 1 aromatic heterocycles. The van der Waals surface area contributed by atoms with Crippen molar-refractivity contribution in [2.45, 2.75) is 19.3 Å². The fourth-order valence-electron chi connectivity index (χ4n) is 1.75. The second-order valence-corrected chi connectivity index (χ2v) is 4.76. The maximum absolute atomic E-state index is 13.0. The Bertz CT molecular complexity index is 640. The van der Waals surface area contributed by atoms with E-state index < -0.39 is 11.7 Å². The lowest BCUT2D eigenvalue weighted by atomic mass is 10.1. The summed E-state index contributed by atoms with van der Waals surface area (Å²) in [5.41, 5.74) is 4.89. The predicted octanol–water partition coefficient (Wildman–Crippen LogP) is 3.13. The van der Waals surface area contributed by atoms with Crippen LogP contribution in [0.2, 0.25) is 5.15 Å². The van der Waals surface area contributed by atoms with Crippen molar-refractivity contribution >= 4 is 11.6 Å². The summed E-state index contributed by atoms with van der Waals surface area (Å²) in [7, 11) is 1.65. The summed E-state index contributed by atoms with van der Waals surface area (Å²) in [6.45, 7) is -0.0907. The van der Waals surface area contributed by atoms with Crippen LogP contribution in [0.15, 0.2) is 24.4 Å². The Morgan fingerprint density at radius 3 is 2.62 bits per heavy atom. The monoisotopic (exact) mass is 319 g/mol. The lowest BCUT2D eigenvalue weighted by Crippen LogP contribution is -2.11. The molecule has 0 bridgehead atoms. The van der Waals surface area contributed by atoms with Crippen LogP contribution >= 0.6 is 11.6 Å². The van der Waals surface area contributed by atoms with Gasteiger partial charge in [0.15, 0.2) is 0 Å². The zero-order valence-electron chi connectivity index (χ0n) is 11.1. The van der Waals surface area contributed by atoms with Gasteiger partial charge < -0.3 is 15.0 Å². The van der Waals surface area contributed by atoms with E-state index in [1.54, 1.807) is 7.05 Å². The van der Waals surface area contributed by atoms with Crippen molar-refractivity contribution in [1.29, 1.82) is 0 Å². The minimum atomic E-state index is -4.51. The zero-order valence-corrected chi connectivity index (χ0v) is 11.9. The van der Waals surface area contributed by atoms with E-state index >= 15 is 0 Å². The summed E-state index contributed by atoms with van der Waals surface area (Å²) in [4.78, 5) is 3.96. The Hall–Kier alpha value is -1.73. The number of aromatic nitrogens is 2. The molecular formula is C13H13ClF3N3O. The van der Waals surface area contributed by atoms with E-state index in [2.05, 4.69) is 4.98 Å². The molecule has 0 amide bonds. The van der Waals surface area contributed by atoms with E-state index in [4.69, 9.17) is 22.1 Å². The highest BCUT2D eigenvalue weighted by atomic mass is 35.5. The van der Waals surface area contributed by atoms with Crippen molar-refractivity contribution in [1.82, 2.24) is 9.55 Å². The van der Waals surface area contributed by atoms with E-state index in [-0.39, 0.29) is 18.9 Å². The van der Waals surface area contributed by atoms with Gasteiger partial charge in [-0.05, 0) is 17.7 Å². The number of nitrogens with two attached hydrogens (primary N) is 1. The van der Waals surface area contributed by atoms with Crippen LogP contribution in [0.5, 0.6) is 5.75 Å². The Balaban J connectivity index is 2.25. The smallest absolute Gasteiger partial charge is 0.419 e. The second-order valence-electron chi connectivity index (χ2n) is 4.38. The first-order chi connectivity index (χ1) is 9.82. The number of nitrogens with zero attached hydrogens (tertiary/aromatic N) is 2. The lowest BCUT2D eigenvalue weighted by molar-refractivity contribution is -0.139. The quantitative estimate of drug-likeness (QED) is 0.942. The Labute approximate surface area is 124 Å². The molecule has 0 saturated carbocycles. The SMILES string of the molecule is Cn1c(Cl)cnc1COc1ccc(CN)cc1C(F)(F)F. The van der Waals surface area contributed by atoms with Crippen LogP contribution < -0.4 is 10.5 Å². The number of hydrogen-bond donors (Lipinski definition) is 1. The maximum atomic E-state index is 13.0. The van der Waals surface area contributed by atoms with Crippen LogP contribution in [-0.2, 0) is 26.4 Å². The minimum Gasteiger partial charge on any atom is -0.485 e. The Kier molecular flexibility index (Phi) is 4.43. The molecule has 0 unspecified atom stereocenters. The standard InChI is InChI=1S/C13H13ClF3N3O/c1-20-11(14)6-19-12(20)7-21-10-3-2-8(5-18)4-9(10)13(15,16)17/h2-4,6H,5,7,18H2,1H3. The molecule has 0 saturated heterocycles. The molecule has 2 N–H and O–H groups in total. The van der Waals surface area contributed by atoms with Crippen LogP contribution in [0.4, 0.5) is 13.2 Å². The molecule has 8 heteroatoms. The Morgan fingerprint density at radius 1 is 1.38 bits per heavy atom. The number of benzene rings is 1. The molecule has 0 spiro atoms. The third kappa shape index (κ3) is 3.48. The molecule has 114 valence electrons. The maximum Gasteiger partial charge on any atom is 0.419 e. The fraction of sp³-hybridized carbons (Fsp3) is 0.308. The van der Waals surface area contributed by atoms with Crippen LogP contribution in [0.1, 0.15) is 17.0 Å². The van der Waals surface area contributed by atoms with E-state index in [0.29, 0.717) is 16.5 Å². The predicted molar refractivity (Wildman–Crippen MR) is 71.9 cm³/mol. The molecule has 0 fully saturated rings. The van der Waals surface area contributed by atoms with Gasteiger partial charge in [-0.3, -0.25) is 0 Å². The normalized spacial score (nSPS) is 11.7. The third-order valence-electron chi connectivity index (χ3n) is 2.97. The summed E-state index contributed by atoms with van der Waals surface area (Å²) >= 11 is 5.81. The van der Waals surface area contributed by atoms with E-state index in [1.165, 1.54) is 22.9 Å². The van der Waals surface area contributed by atoms with E-state index in [0.717, 1.165) is 6.07 Å². The molecule has 0 aliphatic carbocycles. The van der Waals surface area contributed by atoms with Gasteiger partial charge in [0, 0.05) is 13.6 Å². The highest BCUT2D eigenvalue weighted by Gasteiger charge is 2.34. The van der Waals surface area contributed by atoms with Crippen molar-refractivity contribution in [2.24, 2.45) is 12.8 Å². The number of hydrogen-bond acceptors (Lipinski definition) is 3. The van der Waals surface area contributed by atoms with Crippen LogP contribution in [0.3, 0.4) is 0 Å². The van der Waals surface area contributed by atoms with Crippen LogP contribution in [0.25, 0.3) is 0 Å². The van der Waals surface area contributed by atoms with Gasteiger partial charge in [-0.1, -0.05) is 17.7 Å². The summed E-state index contributed by atoms with van der Waals surface area (Å²) in [6, 6.07) is 3.74. The number of halogens is 4. The second kappa shape index (κ2) is 5.95. The van der Waals surface area contributed by atoms with Gasteiger partial charge in [0.05, 0.1) is 11.8 Å². The zero-order chi connectivity index (χ0) is 15.6. The minimum absolute atomic E-state index is 0.0261. The van der Waals surface area contributed by atoms with Gasteiger partial charge in [-0.2, -0.15) is 13.2 Å². The van der Waals surface area contributed by atoms with Crippen molar-refractivity contribution in [3.05, 3.63) is 46.5 Å². The van der Waals surface area contributed by atoms with E-state index in [9.17, 15) is 13.2 Å². The molecular weight excluding hydrogens is 307 g/mol. The molecule has 2 aromatic rings. The van der Waals surface area contributed by atoms with E-state index in [1.807, 2.05) is 0 Å². The number of ether oxygens (including phenoxy) is 1. The summed E-state index contributed by atoms with van der Waals surface area (Å²) in [5.74, 6) is 0.162. The highest BCUT2D eigenvalue weighted by Crippen LogP contribution is 2.37. The number of alkyl halides is 3. The van der Waals surface area contributed by atoms with Crippen molar-refractivity contribution in [2.75, 3.05) is 0 Å². The molecule has 2 rings (SSSR count). The van der Waals surface area contributed by atoms with Gasteiger partial charge in [0.25, 0.3) is 0 Å². The highest BCUT2D eigenvalue weighted by molar-refractivity contribution is 6.29. The van der Waals surface area contributed by atoms with Gasteiger partial charge in [0.2, 0.25) is 0 Å². The molecule has 1 aromatic carbocycles. The number of rotatable bonds is 4. The number of imidazole rings is 1. The third-order valence-corrected chi connectivity index (χ3v) is 3.32. The molecule has 4 nitrogen and oxygen atoms in total. The summed E-state index contributed by atoms with van der Waals surface area (Å²) < 4.78 is 45.8. The van der Waals surface area contributed by atoms with Gasteiger partial charge in [-0.15, -0.1) is 0 Å². The average Bonchev–Trinajstić information content (AvgIpc) is 2.75. The first kappa shape index (κ1) is 15.7. The molecule has 0 aliphatic heterocycles. The summed E-state index contributed by atoms with van der Waals surface area (Å²) in [5, 5.41) is 0.378. The van der Waals surface area contributed by atoms with Crippen molar-refractivity contribution < 1.29 is 17.9 Å². The van der Waals surface area contributed by atoms with Crippen molar-refractivity contribution in [3.63, 3.8) is 0 Å². The molecule has 0 atom stereocenters. The molecule has 0 radical (unpaired) electrons. The first-order valence-corrected chi connectivity index (χ1v) is 6.39. The van der Waals surface area contributed by atoms with Crippen molar-refractivity contribution in [3.8, 4) is 5.75 Å².